The molecular formula is C27H41N13O4. The Hall–Kier alpha value is -3.93. The Morgan fingerprint density at radius 3 is 2.16 bits per heavy atom. The number of hydrogen-bond donors (Lipinski definition) is 0. The van der Waals surface area contributed by atoms with Crippen molar-refractivity contribution in [2.75, 3.05) is 127 Å². The van der Waals surface area contributed by atoms with Crippen molar-refractivity contribution >= 4 is 40.5 Å². The highest BCUT2D eigenvalue weighted by molar-refractivity contribution is 5.96. The molecule has 3 aliphatic rings. The number of anilines is 4. The van der Waals surface area contributed by atoms with Crippen LogP contribution < -0.4 is 19.6 Å². The average molecular weight is 612 g/mol. The highest BCUT2D eigenvalue weighted by Gasteiger charge is 2.31. The first-order chi connectivity index (χ1) is 21.5. The van der Waals surface area contributed by atoms with Gasteiger partial charge in [0.05, 0.1) is 40.0 Å². The van der Waals surface area contributed by atoms with Crippen LogP contribution in [0.1, 0.15) is 5.82 Å². The molecule has 0 N–H and O–H groups in total. The van der Waals surface area contributed by atoms with Gasteiger partial charge in [0.25, 0.3) is 0 Å². The lowest BCUT2D eigenvalue weighted by Gasteiger charge is -2.36. The van der Waals surface area contributed by atoms with Crippen LogP contribution in [0.4, 0.5) is 23.5 Å². The minimum absolute atomic E-state index is 0.0285. The standard InChI is InChI=1S/C27H41N13O4/c1-34-5-6-37(18-21(34)41)25-23-22(30-26(33-25)36(13-15-42-2)14-16-43-3)24(35-7-10-39(44-4)11-8-35)32-27(31-23)38-9-12-40-20(17-38)28-19-29-40/h19H,5-18H2,1-4H3. The van der Waals surface area contributed by atoms with Crippen LogP contribution in [0.5, 0.6) is 0 Å². The van der Waals surface area contributed by atoms with Crippen LogP contribution in [0.3, 0.4) is 0 Å². The summed E-state index contributed by atoms with van der Waals surface area (Å²) in [6.07, 6.45) is 1.58. The number of aromatic nitrogens is 7. The number of fused-ring (bicyclic) bond motifs is 2. The van der Waals surface area contributed by atoms with Gasteiger partial charge in [-0.1, -0.05) is 0 Å². The summed E-state index contributed by atoms with van der Waals surface area (Å²) in [7, 11) is 6.87. The van der Waals surface area contributed by atoms with Crippen LogP contribution in [0.15, 0.2) is 6.33 Å². The van der Waals surface area contributed by atoms with Crippen molar-refractivity contribution in [2.45, 2.75) is 13.1 Å². The molecule has 17 nitrogen and oxygen atoms in total. The van der Waals surface area contributed by atoms with E-state index in [1.165, 1.54) is 0 Å². The molecule has 0 aromatic carbocycles. The molecular weight excluding hydrogens is 570 g/mol. The topological polar surface area (TPSA) is 146 Å². The van der Waals surface area contributed by atoms with Crippen LogP contribution in [-0.2, 0) is 32.2 Å². The maximum Gasteiger partial charge on any atom is 0.241 e. The van der Waals surface area contributed by atoms with E-state index in [4.69, 9.17) is 34.2 Å². The smallest absolute Gasteiger partial charge is 0.241 e. The van der Waals surface area contributed by atoms with Gasteiger partial charge in [0, 0.05) is 80.2 Å². The lowest BCUT2D eigenvalue weighted by molar-refractivity contribution is -0.133. The van der Waals surface area contributed by atoms with Gasteiger partial charge in [-0.05, 0) is 0 Å². The number of nitrogens with zero attached hydrogens (tertiary/aromatic N) is 13. The van der Waals surface area contributed by atoms with Crippen LogP contribution in [0.2, 0.25) is 0 Å². The van der Waals surface area contributed by atoms with E-state index in [1.807, 2.05) is 26.6 Å². The quantitative estimate of drug-likeness (QED) is 0.263. The SMILES string of the molecule is COCCN(CCOC)c1nc(N2CCN(C)C(=O)C2)c2nc(N3CCn4ncnc4C3)nc(N3CCN(OC)CC3)c2n1. The first kappa shape index (κ1) is 30.1. The second kappa shape index (κ2) is 13.4. The third-order valence-corrected chi connectivity index (χ3v) is 8.34. The molecule has 0 spiro atoms. The zero-order chi connectivity index (χ0) is 30.6. The molecule has 0 atom stereocenters. The number of amides is 1. The predicted molar refractivity (Wildman–Crippen MR) is 163 cm³/mol. The molecule has 3 aliphatic heterocycles. The molecule has 0 bridgehead atoms. The van der Waals surface area contributed by atoms with Crippen LogP contribution >= 0.6 is 0 Å². The fourth-order valence-corrected chi connectivity index (χ4v) is 5.66. The lowest BCUT2D eigenvalue weighted by Crippen LogP contribution is -2.49. The number of methoxy groups -OCH3 is 2. The largest absolute Gasteiger partial charge is 0.383 e. The first-order valence-corrected chi connectivity index (χ1v) is 15.0. The van der Waals surface area contributed by atoms with E-state index in [1.54, 1.807) is 32.6 Å². The minimum atomic E-state index is 0.0285. The van der Waals surface area contributed by atoms with E-state index in [0.29, 0.717) is 101 Å². The number of hydrogen-bond acceptors (Lipinski definition) is 15. The van der Waals surface area contributed by atoms with Gasteiger partial charge in [0.15, 0.2) is 11.6 Å². The van der Waals surface area contributed by atoms with Gasteiger partial charge in [0.2, 0.25) is 17.8 Å². The third kappa shape index (κ3) is 6.17. The van der Waals surface area contributed by atoms with Gasteiger partial charge < -0.3 is 38.8 Å². The molecule has 44 heavy (non-hydrogen) atoms. The molecule has 17 heteroatoms. The van der Waals surface area contributed by atoms with Gasteiger partial charge in [-0.25, -0.2) is 19.6 Å². The van der Waals surface area contributed by atoms with Crippen molar-refractivity contribution in [1.82, 2.24) is 44.7 Å². The lowest BCUT2D eigenvalue weighted by atomic mass is 10.2. The first-order valence-electron chi connectivity index (χ1n) is 15.0. The number of carbonyl (C=O) groups excluding carboxylic acids is 1. The zero-order valence-electron chi connectivity index (χ0n) is 25.9. The molecule has 0 radical (unpaired) electrons. The number of likely N-dealkylation sites (N-methyl/N-ethyl adjacent to an activating group) is 1. The Kier molecular flexibility index (Phi) is 9.15. The van der Waals surface area contributed by atoms with Crippen molar-refractivity contribution in [2.24, 2.45) is 0 Å². The molecule has 3 aromatic heterocycles. The predicted octanol–water partition coefficient (Wildman–Crippen LogP) is -0.907. The Bertz CT molecular complexity index is 1440. The van der Waals surface area contributed by atoms with E-state index >= 15 is 0 Å². The Morgan fingerprint density at radius 2 is 1.45 bits per heavy atom. The summed E-state index contributed by atoms with van der Waals surface area (Å²) in [5.41, 5.74) is 1.26. The van der Waals surface area contributed by atoms with Gasteiger partial charge in [-0.15, -0.1) is 0 Å². The average Bonchev–Trinajstić information content (AvgIpc) is 3.53. The summed E-state index contributed by atoms with van der Waals surface area (Å²) in [4.78, 5) is 53.5. The molecule has 0 aliphatic carbocycles. The molecule has 0 unspecified atom stereocenters. The molecule has 3 aromatic rings. The molecule has 1 amide bonds. The third-order valence-electron chi connectivity index (χ3n) is 8.34. The van der Waals surface area contributed by atoms with E-state index in [2.05, 4.69) is 19.9 Å². The summed E-state index contributed by atoms with van der Waals surface area (Å²) in [6, 6.07) is 0. The molecule has 2 fully saturated rings. The molecule has 6 heterocycles. The van der Waals surface area contributed by atoms with E-state index in [0.717, 1.165) is 24.7 Å². The molecule has 238 valence electrons. The summed E-state index contributed by atoms with van der Waals surface area (Å²) in [5, 5.41) is 6.27. The van der Waals surface area contributed by atoms with Crippen LogP contribution in [-0.4, -0.2) is 158 Å². The minimum Gasteiger partial charge on any atom is -0.383 e. The monoisotopic (exact) mass is 611 g/mol. The van der Waals surface area contributed by atoms with E-state index in [9.17, 15) is 4.79 Å². The van der Waals surface area contributed by atoms with Crippen molar-refractivity contribution in [3.8, 4) is 0 Å². The van der Waals surface area contributed by atoms with Crippen molar-refractivity contribution in [1.29, 1.82) is 0 Å². The fraction of sp³-hybridized carbons (Fsp3) is 0.667. The van der Waals surface area contributed by atoms with Gasteiger partial charge >= 0.3 is 0 Å². The summed E-state index contributed by atoms with van der Waals surface area (Å²) < 4.78 is 12.7. The molecule has 2 saturated heterocycles. The summed E-state index contributed by atoms with van der Waals surface area (Å²) >= 11 is 0. The van der Waals surface area contributed by atoms with E-state index < -0.39 is 0 Å². The van der Waals surface area contributed by atoms with Gasteiger partial charge in [0.1, 0.15) is 23.2 Å². The second-order valence-electron chi connectivity index (χ2n) is 11.0. The number of carbonyl (C=O) groups is 1. The Labute approximate surface area is 256 Å². The fourth-order valence-electron chi connectivity index (χ4n) is 5.66. The maximum atomic E-state index is 12.9. The van der Waals surface area contributed by atoms with Crippen molar-refractivity contribution in [3.63, 3.8) is 0 Å². The summed E-state index contributed by atoms with van der Waals surface area (Å²) in [5.74, 6) is 3.33. The number of piperazine rings is 2. The number of hydroxylamine groups is 2. The highest BCUT2D eigenvalue weighted by atomic mass is 16.7. The zero-order valence-corrected chi connectivity index (χ0v) is 25.9. The Balaban J connectivity index is 1.51. The van der Waals surface area contributed by atoms with Gasteiger partial charge in [-0.3, -0.25) is 4.79 Å². The molecule has 6 rings (SSSR count). The van der Waals surface area contributed by atoms with Crippen molar-refractivity contribution < 1.29 is 19.1 Å². The Morgan fingerprint density at radius 1 is 0.773 bits per heavy atom. The normalized spacial score (nSPS) is 18.0. The highest BCUT2D eigenvalue weighted by Crippen LogP contribution is 2.34. The number of rotatable bonds is 11. The maximum absolute atomic E-state index is 12.9. The molecule has 0 saturated carbocycles. The van der Waals surface area contributed by atoms with E-state index in [-0.39, 0.29) is 12.5 Å². The van der Waals surface area contributed by atoms with Crippen molar-refractivity contribution in [3.05, 3.63) is 12.2 Å². The van der Waals surface area contributed by atoms with Crippen LogP contribution in [0, 0.1) is 0 Å². The second-order valence-corrected chi connectivity index (χ2v) is 11.0. The summed E-state index contributed by atoms with van der Waals surface area (Å²) in [6.45, 7) is 8.28. The number of ether oxygens (including phenoxy) is 2. The van der Waals surface area contributed by atoms with Crippen LogP contribution in [0.25, 0.3) is 11.0 Å². The van der Waals surface area contributed by atoms with Gasteiger partial charge in [-0.2, -0.15) is 20.1 Å².